The predicted molar refractivity (Wildman–Crippen MR) is 97.8 cm³/mol. The summed E-state index contributed by atoms with van der Waals surface area (Å²) in [4.78, 5) is 12.5. The molecule has 1 unspecified atom stereocenters. The van der Waals surface area contributed by atoms with Crippen molar-refractivity contribution in [3.63, 3.8) is 0 Å². The number of allylic oxidation sites excluding steroid dienone is 3. The summed E-state index contributed by atoms with van der Waals surface area (Å²) in [5.74, 6) is 0.0157. The van der Waals surface area contributed by atoms with Crippen LogP contribution >= 0.6 is 31.9 Å². The molecule has 0 aromatic rings. The molecule has 0 N–H and O–H groups in total. The number of hydrogen-bond donors (Lipinski definition) is 0. The van der Waals surface area contributed by atoms with Crippen molar-refractivity contribution in [3.05, 3.63) is 45.4 Å². The van der Waals surface area contributed by atoms with Crippen molar-refractivity contribution in [2.45, 2.75) is 39.7 Å². The molecule has 0 aliphatic heterocycles. The minimum atomic E-state index is -0.164. The van der Waals surface area contributed by atoms with Gasteiger partial charge in [0.05, 0.1) is 9.31 Å². The topological polar surface area (TPSA) is 26.3 Å². The highest BCUT2D eigenvalue weighted by Gasteiger charge is 2.61. The van der Waals surface area contributed by atoms with Crippen molar-refractivity contribution in [1.82, 2.24) is 0 Å². The van der Waals surface area contributed by atoms with E-state index in [1.807, 2.05) is 19.1 Å². The fourth-order valence-electron chi connectivity index (χ4n) is 3.34. The maximum absolute atomic E-state index is 12.5. The summed E-state index contributed by atoms with van der Waals surface area (Å²) in [6, 6.07) is 0. The Balaban J connectivity index is 2.07. The molecule has 0 aromatic carbocycles. The number of ether oxygens (including phenoxy) is 1. The first-order valence-electron chi connectivity index (χ1n) is 7.42. The summed E-state index contributed by atoms with van der Waals surface area (Å²) in [5, 5.41) is 0. The van der Waals surface area contributed by atoms with Crippen LogP contribution in [0.25, 0.3) is 0 Å². The summed E-state index contributed by atoms with van der Waals surface area (Å²) < 4.78 is 6.67. The summed E-state index contributed by atoms with van der Waals surface area (Å²) in [6.07, 6.45) is 5.23. The molecule has 1 fully saturated rings. The molecular formula is C18H22Br2O2. The quantitative estimate of drug-likeness (QED) is 0.416. The average Bonchev–Trinajstić information content (AvgIpc) is 2.83. The van der Waals surface area contributed by atoms with E-state index in [9.17, 15) is 4.79 Å². The van der Waals surface area contributed by atoms with Gasteiger partial charge in [0.25, 0.3) is 0 Å². The summed E-state index contributed by atoms with van der Waals surface area (Å²) in [7, 11) is 0. The summed E-state index contributed by atoms with van der Waals surface area (Å²) >= 11 is 6.74. The zero-order chi connectivity index (χ0) is 16.7. The van der Waals surface area contributed by atoms with Gasteiger partial charge in [-0.2, -0.15) is 0 Å². The standard InChI is InChI=1S/C18H22Br2O2/c1-6-7-12-10(2)8-14(11(12)3)22-17(21)16-13(9-15(19)20)18(16,4)5/h6,9,13-14,16H,1-2,7-8H2,3-5H3/t13-,14?,16+/m1/s1. The first kappa shape index (κ1) is 17.7. The third-order valence-electron chi connectivity index (χ3n) is 4.89. The van der Waals surface area contributed by atoms with Crippen LogP contribution in [0.4, 0.5) is 0 Å². The molecular weight excluding hydrogens is 408 g/mol. The second-order valence-electron chi connectivity index (χ2n) is 6.67. The number of hydrogen-bond acceptors (Lipinski definition) is 2. The lowest BCUT2D eigenvalue weighted by atomic mass is 10.1. The first-order valence-corrected chi connectivity index (χ1v) is 9.00. The van der Waals surface area contributed by atoms with E-state index in [-0.39, 0.29) is 29.3 Å². The van der Waals surface area contributed by atoms with E-state index in [0.29, 0.717) is 6.42 Å². The zero-order valence-electron chi connectivity index (χ0n) is 13.3. The van der Waals surface area contributed by atoms with Gasteiger partial charge in [-0.1, -0.05) is 32.6 Å². The van der Waals surface area contributed by atoms with Crippen LogP contribution in [0.2, 0.25) is 0 Å². The highest BCUT2D eigenvalue weighted by atomic mass is 79.9. The van der Waals surface area contributed by atoms with E-state index in [1.54, 1.807) is 0 Å². The molecule has 0 saturated heterocycles. The maximum atomic E-state index is 12.5. The van der Waals surface area contributed by atoms with Crippen LogP contribution in [0.1, 0.15) is 33.6 Å². The SMILES string of the molecule is C=CCC1=C(C)C(OC(=O)[C@@H]2[C@@H](C=C(Br)Br)C2(C)C)CC1=C. The number of carbonyl (C=O) groups is 1. The second-order valence-corrected chi connectivity index (χ2v) is 9.44. The van der Waals surface area contributed by atoms with E-state index < -0.39 is 0 Å². The lowest BCUT2D eigenvalue weighted by molar-refractivity contribution is -0.149. The molecule has 3 atom stereocenters. The second kappa shape index (κ2) is 6.48. The van der Waals surface area contributed by atoms with E-state index >= 15 is 0 Å². The number of rotatable bonds is 5. The molecule has 0 amide bonds. The van der Waals surface area contributed by atoms with Gasteiger partial charge in [0.1, 0.15) is 6.10 Å². The average molecular weight is 430 g/mol. The molecule has 22 heavy (non-hydrogen) atoms. The summed E-state index contributed by atoms with van der Waals surface area (Å²) in [5.41, 5.74) is 3.30. The molecule has 4 heteroatoms. The molecule has 2 aliphatic rings. The fourth-order valence-corrected chi connectivity index (χ4v) is 3.91. The van der Waals surface area contributed by atoms with Gasteiger partial charge in [-0.25, -0.2) is 0 Å². The van der Waals surface area contributed by atoms with Gasteiger partial charge in [0.2, 0.25) is 0 Å². The molecule has 1 saturated carbocycles. The van der Waals surface area contributed by atoms with Crippen molar-refractivity contribution in [2.24, 2.45) is 17.3 Å². The lowest BCUT2D eigenvalue weighted by Gasteiger charge is -2.14. The van der Waals surface area contributed by atoms with Crippen LogP contribution in [-0.4, -0.2) is 12.1 Å². The Bertz CT molecular complexity index is 580. The van der Waals surface area contributed by atoms with Crippen molar-refractivity contribution in [1.29, 1.82) is 0 Å². The van der Waals surface area contributed by atoms with Crippen LogP contribution in [-0.2, 0) is 9.53 Å². The molecule has 2 rings (SSSR count). The zero-order valence-corrected chi connectivity index (χ0v) is 16.5. The molecule has 2 aliphatic carbocycles. The van der Waals surface area contributed by atoms with E-state index in [4.69, 9.17) is 4.74 Å². The molecule has 0 bridgehead atoms. The van der Waals surface area contributed by atoms with Gasteiger partial charge >= 0.3 is 5.97 Å². The Labute approximate surface area is 149 Å². The van der Waals surface area contributed by atoms with Gasteiger partial charge in [-0.05, 0) is 73.3 Å². The smallest absolute Gasteiger partial charge is 0.310 e. The Hall–Kier alpha value is -0.610. The van der Waals surface area contributed by atoms with Crippen molar-refractivity contribution in [2.75, 3.05) is 0 Å². The van der Waals surface area contributed by atoms with Gasteiger partial charge < -0.3 is 4.74 Å². The van der Waals surface area contributed by atoms with Crippen LogP contribution in [0.5, 0.6) is 0 Å². The Morgan fingerprint density at radius 2 is 2.09 bits per heavy atom. The highest BCUT2D eigenvalue weighted by molar-refractivity contribution is 9.28. The fraction of sp³-hybridized carbons (Fsp3) is 0.500. The molecule has 0 aromatic heterocycles. The number of halogens is 2. The van der Waals surface area contributed by atoms with E-state index in [2.05, 4.69) is 58.9 Å². The van der Waals surface area contributed by atoms with Gasteiger partial charge in [0.15, 0.2) is 0 Å². The van der Waals surface area contributed by atoms with Crippen molar-refractivity contribution in [3.8, 4) is 0 Å². The Kier molecular flexibility index (Phi) is 5.23. The highest BCUT2D eigenvalue weighted by Crippen LogP contribution is 2.60. The molecule has 0 heterocycles. The summed E-state index contributed by atoms with van der Waals surface area (Å²) in [6.45, 7) is 14.1. The predicted octanol–water partition coefficient (Wildman–Crippen LogP) is 5.65. The lowest BCUT2D eigenvalue weighted by Crippen LogP contribution is -2.20. The van der Waals surface area contributed by atoms with Crippen molar-refractivity contribution >= 4 is 37.8 Å². The molecule has 120 valence electrons. The molecule has 0 spiro atoms. The Morgan fingerprint density at radius 1 is 1.45 bits per heavy atom. The van der Waals surface area contributed by atoms with E-state index in [0.717, 1.165) is 21.0 Å². The monoisotopic (exact) mass is 428 g/mol. The third kappa shape index (κ3) is 3.33. The maximum Gasteiger partial charge on any atom is 0.310 e. The third-order valence-corrected chi connectivity index (χ3v) is 5.42. The normalized spacial score (nSPS) is 29.3. The number of esters is 1. The van der Waals surface area contributed by atoms with Crippen LogP contribution < -0.4 is 0 Å². The van der Waals surface area contributed by atoms with Gasteiger partial charge in [0, 0.05) is 6.42 Å². The largest absolute Gasteiger partial charge is 0.457 e. The molecule has 2 nitrogen and oxygen atoms in total. The minimum Gasteiger partial charge on any atom is -0.457 e. The first-order chi connectivity index (χ1) is 10.2. The van der Waals surface area contributed by atoms with Crippen LogP contribution in [0.3, 0.4) is 0 Å². The van der Waals surface area contributed by atoms with Crippen LogP contribution in [0.15, 0.2) is 45.4 Å². The minimum absolute atomic E-state index is 0.0545. The van der Waals surface area contributed by atoms with Gasteiger partial charge in [-0.3, -0.25) is 4.79 Å². The number of carbonyl (C=O) groups excluding carboxylic acids is 1. The van der Waals surface area contributed by atoms with E-state index in [1.165, 1.54) is 5.57 Å². The molecule has 0 radical (unpaired) electrons. The van der Waals surface area contributed by atoms with Crippen LogP contribution in [0, 0.1) is 17.3 Å². The van der Waals surface area contributed by atoms with Crippen molar-refractivity contribution < 1.29 is 9.53 Å². The van der Waals surface area contributed by atoms with Gasteiger partial charge in [-0.15, -0.1) is 6.58 Å². The Morgan fingerprint density at radius 3 is 2.64 bits per heavy atom.